The van der Waals surface area contributed by atoms with Gasteiger partial charge in [-0.05, 0) is 45.2 Å². The van der Waals surface area contributed by atoms with Crippen LogP contribution in [-0.2, 0) is 9.59 Å². The summed E-state index contributed by atoms with van der Waals surface area (Å²) in [5.74, 6) is -1.63. The molecule has 3 unspecified atom stereocenters. The van der Waals surface area contributed by atoms with Crippen LogP contribution >= 0.6 is 0 Å². The third kappa shape index (κ3) is 3.59. The van der Waals surface area contributed by atoms with Gasteiger partial charge in [-0.1, -0.05) is 17.7 Å². The van der Waals surface area contributed by atoms with Crippen LogP contribution in [0.25, 0.3) is 0 Å². The summed E-state index contributed by atoms with van der Waals surface area (Å²) >= 11 is 0. The van der Waals surface area contributed by atoms with Crippen molar-refractivity contribution in [1.29, 1.82) is 0 Å². The lowest BCUT2D eigenvalue weighted by molar-refractivity contribution is -0.143. The summed E-state index contributed by atoms with van der Waals surface area (Å²) in [6.45, 7) is 5.34. The molecule has 0 aromatic heterocycles. The van der Waals surface area contributed by atoms with E-state index < -0.39 is 11.9 Å². The number of likely N-dealkylation sites (tertiary alicyclic amines) is 2. The van der Waals surface area contributed by atoms with E-state index in [1.807, 2.05) is 38.1 Å². The number of piperidine rings is 1. The second kappa shape index (κ2) is 7.48. The minimum absolute atomic E-state index is 0.0114. The van der Waals surface area contributed by atoms with E-state index in [0.29, 0.717) is 31.6 Å². The number of nitrogens with zero attached hydrogens (tertiary/aromatic N) is 2. The number of aliphatic carboxylic acids is 1. The highest BCUT2D eigenvalue weighted by atomic mass is 16.4. The highest BCUT2D eigenvalue weighted by Gasteiger charge is 2.41. The molecule has 6 heteroatoms. The third-order valence-corrected chi connectivity index (χ3v) is 5.71. The highest BCUT2D eigenvalue weighted by Crippen LogP contribution is 2.28. The van der Waals surface area contributed by atoms with Gasteiger partial charge in [0.15, 0.2) is 0 Å². The first kappa shape index (κ1) is 18.4. The van der Waals surface area contributed by atoms with Crippen LogP contribution in [0.2, 0.25) is 0 Å². The molecule has 2 fully saturated rings. The Morgan fingerprint density at radius 2 is 1.77 bits per heavy atom. The smallest absolute Gasteiger partial charge is 0.308 e. The second-order valence-electron chi connectivity index (χ2n) is 7.46. The average molecular weight is 358 g/mol. The van der Waals surface area contributed by atoms with Gasteiger partial charge in [0.2, 0.25) is 5.91 Å². The fraction of sp³-hybridized carbons (Fsp3) is 0.550. The normalized spacial score (nSPS) is 26.0. The van der Waals surface area contributed by atoms with Crippen LogP contribution < -0.4 is 0 Å². The first-order valence-corrected chi connectivity index (χ1v) is 9.27. The molecule has 26 heavy (non-hydrogen) atoms. The fourth-order valence-electron chi connectivity index (χ4n) is 4.06. The molecule has 2 heterocycles. The molecule has 0 radical (unpaired) electrons. The summed E-state index contributed by atoms with van der Waals surface area (Å²) in [6.07, 6.45) is 2.04. The van der Waals surface area contributed by atoms with E-state index in [4.69, 9.17) is 0 Å². The van der Waals surface area contributed by atoms with E-state index in [0.717, 1.165) is 18.4 Å². The van der Waals surface area contributed by atoms with Crippen molar-refractivity contribution in [3.05, 3.63) is 35.4 Å². The van der Waals surface area contributed by atoms with Crippen molar-refractivity contribution in [2.24, 2.45) is 11.8 Å². The number of hydrogen-bond acceptors (Lipinski definition) is 3. The molecule has 2 aliphatic heterocycles. The van der Waals surface area contributed by atoms with Crippen molar-refractivity contribution in [2.75, 3.05) is 19.6 Å². The lowest BCUT2D eigenvalue weighted by Crippen LogP contribution is -2.48. The van der Waals surface area contributed by atoms with Gasteiger partial charge in [0.1, 0.15) is 0 Å². The lowest BCUT2D eigenvalue weighted by Gasteiger charge is -2.35. The molecule has 2 saturated heterocycles. The molecule has 3 rings (SSSR count). The molecule has 3 atom stereocenters. The Bertz CT molecular complexity index is 700. The maximum atomic E-state index is 12.9. The average Bonchev–Trinajstić information content (AvgIpc) is 3.03. The number of benzene rings is 1. The number of amides is 2. The van der Waals surface area contributed by atoms with Crippen LogP contribution in [0.1, 0.15) is 42.1 Å². The largest absolute Gasteiger partial charge is 0.481 e. The van der Waals surface area contributed by atoms with Crippen LogP contribution in [-0.4, -0.2) is 58.4 Å². The zero-order chi connectivity index (χ0) is 18.8. The van der Waals surface area contributed by atoms with E-state index in [1.165, 1.54) is 0 Å². The van der Waals surface area contributed by atoms with Gasteiger partial charge in [0.05, 0.1) is 11.8 Å². The number of carboxylic acids is 1. The summed E-state index contributed by atoms with van der Waals surface area (Å²) in [5.41, 5.74) is 1.74. The van der Waals surface area contributed by atoms with Crippen molar-refractivity contribution in [1.82, 2.24) is 9.80 Å². The molecule has 6 nitrogen and oxygen atoms in total. The zero-order valence-corrected chi connectivity index (χ0v) is 15.4. The Balaban J connectivity index is 1.66. The van der Waals surface area contributed by atoms with E-state index in [-0.39, 0.29) is 23.8 Å². The molecule has 0 saturated carbocycles. The molecule has 2 aliphatic rings. The molecular formula is C20H26N2O4. The van der Waals surface area contributed by atoms with Crippen LogP contribution in [0.15, 0.2) is 24.3 Å². The van der Waals surface area contributed by atoms with Gasteiger partial charge < -0.3 is 14.9 Å². The van der Waals surface area contributed by atoms with Crippen molar-refractivity contribution >= 4 is 17.8 Å². The monoisotopic (exact) mass is 358 g/mol. The second-order valence-corrected chi connectivity index (χ2v) is 7.46. The summed E-state index contributed by atoms with van der Waals surface area (Å²) in [7, 11) is 0. The first-order valence-electron chi connectivity index (χ1n) is 9.27. The van der Waals surface area contributed by atoms with Crippen molar-refractivity contribution < 1.29 is 19.5 Å². The summed E-state index contributed by atoms with van der Waals surface area (Å²) in [5, 5.41) is 9.26. The van der Waals surface area contributed by atoms with Crippen LogP contribution in [0.5, 0.6) is 0 Å². The number of carbonyl (C=O) groups excluding carboxylic acids is 2. The maximum Gasteiger partial charge on any atom is 0.308 e. The van der Waals surface area contributed by atoms with E-state index in [2.05, 4.69) is 0 Å². The Morgan fingerprint density at radius 1 is 1.08 bits per heavy atom. The maximum absolute atomic E-state index is 12.9. The standard InChI is InChI=1S/C20H26N2O4/c1-13-5-7-15(8-6-13)18(23)21-10-3-4-16(12-21)19(24)22-11-9-17(14(22)2)20(25)26/h5-8,14,16-17H,3-4,9-12H2,1-2H3,(H,25,26). The summed E-state index contributed by atoms with van der Waals surface area (Å²) in [6, 6.07) is 7.19. The Labute approximate surface area is 153 Å². The third-order valence-electron chi connectivity index (χ3n) is 5.71. The first-order chi connectivity index (χ1) is 12.4. The lowest BCUT2D eigenvalue weighted by atomic mass is 9.95. The van der Waals surface area contributed by atoms with E-state index in [9.17, 15) is 19.5 Å². The number of carbonyl (C=O) groups is 3. The topological polar surface area (TPSA) is 77.9 Å². The van der Waals surface area contributed by atoms with E-state index >= 15 is 0 Å². The van der Waals surface area contributed by atoms with Gasteiger partial charge in [-0.25, -0.2) is 0 Å². The van der Waals surface area contributed by atoms with Crippen LogP contribution in [0, 0.1) is 18.8 Å². The number of hydrogen-bond donors (Lipinski definition) is 1. The van der Waals surface area contributed by atoms with Gasteiger partial charge in [-0.15, -0.1) is 0 Å². The van der Waals surface area contributed by atoms with Gasteiger partial charge in [-0.2, -0.15) is 0 Å². The molecule has 2 amide bonds. The van der Waals surface area contributed by atoms with Gasteiger partial charge in [-0.3, -0.25) is 14.4 Å². The molecular weight excluding hydrogens is 332 g/mol. The summed E-state index contributed by atoms with van der Waals surface area (Å²) in [4.78, 5) is 40.4. The molecule has 1 aromatic carbocycles. The van der Waals surface area contributed by atoms with E-state index in [1.54, 1.807) is 9.80 Å². The molecule has 0 spiro atoms. The minimum atomic E-state index is -0.840. The van der Waals surface area contributed by atoms with Crippen molar-refractivity contribution in [3.63, 3.8) is 0 Å². The number of carboxylic acid groups (broad SMARTS) is 1. The predicted octanol–water partition coefficient (Wildman–Crippen LogP) is 2.17. The Kier molecular flexibility index (Phi) is 5.30. The quantitative estimate of drug-likeness (QED) is 0.898. The minimum Gasteiger partial charge on any atom is -0.481 e. The number of aryl methyl sites for hydroxylation is 1. The Morgan fingerprint density at radius 3 is 2.38 bits per heavy atom. The molecule has 0 aliphatic carbocycles. The van der Waals surface area contributed by atoms with Gasteiger partial charge >= 0.3 is 5.97 Å². The van der Waals surface area contributed by atoms with Crippen molar-refractivity contribution in [3.8, 4) is 0 Å². The molecule has 0 bridgehead atoms. The molecule has 1 aromatic rings. The molecule has 1 N–H and O–H groups in total. The molecule has 140 valence electrons. The zero-order valence-electron chi connectivity index (χ0n) is 15.4. The van der Waals surface area contributed by atoms with Gasteiger partial charge in [0, 0.05) is 31.2 Å². The van der Waals surface area contributed by atoms with Crippen molar-refractivity contribution in [2.45, 2.75) is 39.2 Å². The SMILES string of the molecule is Cc1ccc(C(=O)N2CCCC(C(=O)N3CCC(C(=O)O)C3C)C2)cc1. The predicted molar refractivity (Wildman–Crippen MR) is 96.7 cm³/mol. The summed E-state index contributed by atoms with van der Waals surface area (Å²) < 4.78 is 0. The van der Waals surface area contributed by atoms with Crippen LogP contribution in [0.3, 0.4) is 0 Å². The van der Waals surface area contributed by atoms with Gasteiger partial charge in [0.25, 0.3) is 5.91 Å². The fourth-order valence-corrected chi connectivity index (χ4v) is 4.06. The number of rotatable bonds is 3. The van der Waals surface area contributed by atoms with Crippen LogP contribution in [0.4, 0.5) is 0 Å². The Hall–Kier alpha value is -2.37. The highest BCUT2D eigenvalue weighted by molar-refractivity contribution is 5.94.